The monoisotopic (exact) mass is 166 g/mol. The molecule has 0 fully saturated rings. The number of aryl methyl sites for hydroxylation is 1. The Kier molecular flexibility index (Phi) is 2.58. The van der Waals surface area contributed by atoms with E-state index in [-0.39, 0.29) is 0 Å². The summed E-state index contributed by atoms with van der Waals surface area (Å²) in [4.78, 5) is 0. The summed E-state index contributed by atoms with van der Waals surface area (Å²) in [6, 6.07) is 3.57. The molecule has 1 N–H and O–H groups in total. The Bertz CT molecular complexity index is 256. The van der Waals surface area contributed by atoms with E-state index in [4.69, 9.17) is 4.74 Å². The maximum Gasteiger partial charge on any atom is 0.123 e. The lowest BCUT2D eigenvalue weighted by Gasteiger charge is -2.07. The average Bonchev–Trinajstić information content (AvgIpc) is 2.01. The largest absolute Gasteiger partial charge is 0.508 e. The van der Waals surface area contributed by atoms with Gasteiger partial charge in [0.2, 0.25) is 0 Å². The van der Waals surface area contributed by atoms with Crippen LogP contribution >= 0.6 is 0 Å². The van der Waals surface area contributed by atoms with Crippen LogP contribution < -0.4 is 4.74 Å². The van der Waals surface area contributed by atoms with Crippen molar-refractivity contribution in [3.05, 3.63) is 23.3 Å². The van der Waals surface area contributed by atoms with Crippen LogP contribution in [0.25, 0.3) is 0 Å². The highest BCUT2D eigenvalue weighted by molar-refractivity contribution is 5.44. The molecule has 0 amide bonds. The molecule has 0 saturated carbocycles. The highest BCUT2D eigenvalue weighted by atomic mass is 16.5. The minimum atomic E-state index is 0.304. The molecule has 1 aromatic rings. The van der Waals surface area contributed by atoms with Crippen LogP contribution in [0.1, 0.15) is 18.1 Å². The average molecular weight is 166 g/mol. The maximum atomic E-state index is 9.43. The Balaban J connectivity index is 3.04. The van der Waals surface area contributed by atoms with Gasteiger partial charge in [0.15, 0.2) is 0 Å². The summed E-state index contributed by atoms with van der Waals surface area (Å²) in [7, 11) is 0. The Morgan fingerprint density at radius 2 is 2.00 bits per heavy atom. The van der Waals surface area contributed by atoms with Gasteiger partial charge in [0, 0.05) is 6.07 Å². The summed E-state index contributed by atoms with van der Waals surface area (Å²) in [5, 5.41) is 9.43. The minimum absolute atomic E-state index is 0.304. The molecule has 0 heterocycles. The summed E-state index contributed by atoms with van der Waals surface area (Å²) in [6.45, 7) is 6.39. The van der Waals surface area contributed by atoms with Crippen molar-refractivity contribution < 1.29 is 9.84 Å². The number of ether oxygens (including phenoxy) is 1. The summed E-state index contributed by atoms with van der Waals surface area (Å²) in [5.74, 6) is 1.04. The van der Waals surface area contributed by atoms with E-state index >= 15 is 0 Å². The number of rotatable bonds is 2. The molecule has 66 valence electrons. The smallest absolute Gasteiger partial charge is 0.123 e. The molecule has 0 spiro atoms. The van der Waals surface area contributed by atoms with E-state index in [1.54, 1.807) is 6.07 Å². The Morgan fingerprint density at radius 1 is 1.33 bits per heavy atom. The molecule has 0 aliphatic rings. The summed E-state index contributed by atoms with van der Waals surface area (Å²) >= 11 is 0. The number of hydrogen-bond acceptors (Lipinski definition) is 2. The Hall–Kier alpha value is -1.18. The maximum absolute atomic E-state index is 9.43. The van der Waals surface area contributed by atoms with Crippen molar-refractivity contribution in [2.45, 2.75) is 20.8 Å². The first-order valence-electron chi connectivity index (χ1n) is 4.08. The van der Waals surface area contributed by atoms with E-state index in [2.05, 4.69) is 0 Å². The first-order valence-corrected chi connectivity index (χ1v) is 4.08. The van der Waals surface area contributed by atoms with Gasteiger partial charge >= 0.3 is 0 Å². The molecule has 12 heavy (non-hydrogen) atoms. The molecule has 2 heteroatoms. The van der Waals surface area contributed by atoms with E-state index in [1.165, 1.54) is 0 Å². The number of phenolic OH excluding ortho intramolecular Hbond substituents is 1. The van der Waals surface area contributed by atoms with Crippen LogP contribution in [0.15, 0.2) is 12.1 Å². The lowest BCUT2D eigenvalue weighted by atomic mass is 10.1. The third-order valence-electron chi connectivity index (χ3n) is 1.92. The topological polar surface area (TPSA) is 29.5 Å². The van der Waals surface area contributed by atoms with Crippen LogP contribution in [0.5, 0.6) is 11.5 Å². The van der Waals surface area contributed by atoms with Gasteiger partial charge in [0.1, 0.15) is 11.5 Å². The molecule has 0 bridgehead atoms. The molecular formula is C10H14O2. The van der Waals surface area contributed by atoms with E-state index in [0.717, 1.165) is 16.9 Å². The molecule has 1 aromatic carbocycles. The van der Waals surface area contributed by atoms with E-state index in [1.807, 2.05) is 26.8 Å². The zero-order valence-corrected chi connectivity index (χ0v) is 7.72. The van der Waals surface area contributed by atoms with Gasteiger partial charge in [-0.25, -0.2) is 0 Å². The molecule has 0 aromatic heterocycles. The van der Waals surface area contributed by atoms with Gasteiger partial charge in [-0.1, -0.05) is 0 Å². The van der Waals surface area contributed by atoms with Crippen LogP contribution in [0.3, 0.4) is 0 Å². The summed E-state index contributed by atoms with van der Waals surface area (Å²) in [6.07, 6.45) is 0. The lowest BCUT2D eigenvalue weighted by molar-refractivity contribution is 0.337. The zero-order chi connectivity index (χ0) is 9.14. The van der Waals surface area contributed by atoms with Crippen LogP contribution in [0.4, 0.5) is 0 Å². The van der Waals surface area contributed by atoms with Crippen molar-refractivity contribution in [2.75, 3.05) is 6.61 Å². The van der Waals surface area contributed by atoms with Crippen molar-refractivity contribution in [3.8, 4) is 11.5 Å². The van der Waals surface area contributed by atoms with Crippen molar-refractivity contribution >= 4 is 0 Å². The molecule has 0 unspecified atom stereocenters. The number of benzene rings is 1. The second-order valence-electron chi connectivity index (χ2n) is 2.82. The minimum Gasteiger partial charge on any atom is -0.508 e. The first-order chi connectivity index (χ1) is 5.65. The SMILES string of the molecule is CCOc1cc(C)c(C)c(O)c1. The van der Waals surface area contributed by atoms with Crippen molar-refractivity contribution in [1.29, 1.82) is 0 Å². The molecule has 0 aliphatic carbocycles. The normalized spacial score (nSPS) is 9.92. The predicted molar refractivity (Wildman–Crippen MR) is 48.7 cm³/mol. The van der Waals surface area contributed by atoms with Crippen LogP contribution in [0, 0.1) is 13.8 Å². The van der Waals surface area contributed by atoms with Gasteiger partial charge in [-0.3, -0.25) is 0 Å². The highest BCUT2D eigenvalue weighted by Gasteiger charge is 2.02. The van der Waals surface area contributed by atoms with Gasteiger partial charge in [-0.15, -0.1) is 0 Å². The van der Waals surface area contributed by atoms with Crippen LogP contribution in [-0.4, -0.2) is 11.7 Å². The fourth-order valence-corrected chi connectivity index (χ4v) is 1.06. The van der Waals surface area contributed by atoms with Crippen molar-refractivity contribution in [1.82, 2.24) is 0 Å². The van der Waals surface area contributed by atoms with Gasteiger partial charge in [-0.05, 0) is 38.0 Å². The molecule has 1 rings (SSSR count). The quantitative estimate of drug-likeness (QED) is 0.731. The van der Waals surface area contributed by atoms with E-state index in [9.17, 15) is 5.11 Å². The molecule has 0 saturated heterocycles. The second kappa shape index (κ2) is 3.48. The molecule has 2 nitrogen and oxygen atoms in total. The van der Waals surface area contributed by atoms with Gasteiger partial charge in [-0.2, -0.15) is 0 Å². The van der Waals surface area contributed by atoms with Crippen molar-refractivity contribution in [2.24, 2.45) is 0 Å². The fraction of sp³-hybridized carbons (Fsp3) is 0.400. The van der Waals surface area contributed by atoms with Gasteiger partial charge in [0.05, 0.1) is 6.61 Å². The van der Waals surface area contributed by atoms with Crippen LogP contribution in [0.2, 0.25) is 0 Å². The molecule has 0 aliphatic heterocycles. The summed E-state index contributed by atoms with van der Waals surface area (Å²) in [5.41, 5.74) is 1.97. The van der Waals surface area contributed by atoms with Gasteiger partial charge < -0.3 is 9.84 Å². The Morgan fingerprint density at radius 3 is 2.50 bits per heavy atom. The van der Waals surface area contributed by atoms with E-state index < -0.39 is 0 Å². The molecular weight excluding hydrogens is 152 g/mol. The van der Waals surface area contributed by atoms with E-state index in [0.29, 0.717) is 12.4 Å². The van der Waals surface area contributed by atoms with Crippen molar-refractivity contribution in [3.63, 3.8) is 0 Å². The molecule has 0 atom stereocenters. The fourth-order valence-electron chi connectivity index (χ4n) is 1.06. The first kappa shape index (κ1) is 8.91. The van der Waals surface area contributed by atoms with Gasteiger partial charge in [0.25, 0.3) is 0 Å². The second-order valence-corrected chi connectivity index (χ2v) is 2.82. The standard InChI is InChI=1S/C10H14O2/c1-4-12-9-5-7(2)8(3)10(11)6-9/h5-6,11H,4H2,1-3H3. The zero-order valence-electron chi connectivity index (χ0n) is 7.72. The third-order valence-corrected chi connectivity index (χ3v) is 1.92. The highest BCUT2D eigenvalue weighted by Crippen LogP contribution is 2.26. The molecule has 0 radical (unpaired) electrons. The van der Waals surface area contributed by atoms with Crippen LogP contribution in [-0.2, 0) is 0 Å². The predicted octanol–water partition coefficient (Wildman–Crippen LogP) is 2.41. The summed E-state index contributed by atoms with van der Waals surface area (Å²) < 4.78 is 5.26. The lowest BCUT2D eigenvalue weighted by Crippen LogP contribution is -1.92. The Labute approximate surface area is 72.8 Å². The third kappa shape index (κ3) is 1.70. The number of hydrogen-bond donors (Lipinski definition) is 1. The number of phenols is 1. The number of aromatic hydroxyl groups is 1.